The molecule has 1 aliphatic rings. The summed E-state index contributed by atoms with van der Waals surface area (Å²) in [4.78, 5) is 39.9. The Bertz CT molecular complexity index is 1430. The van der Waals surface area contributed by atoms with Gasteiger partial charge >= 0.3 is 24.5 Å². The minimum Gasteiger partial charge on any atom is -0.454 e. The first-order valence-electron chi connectivity index (χ1n) is 12.5. The van der Waals surface area contributed by atoms with Gasteiger partial charge in [0.05, 0.1) is 12.2 Å². The van der Waals surface area contributed by atoms with Gasteiger partial charge in [0.1, 0.15) is 0 Å². The Morgan fingerprint density at radius 3 is 2.26 bits per heavy atom. The number of nitrogens with zero attached hydrogens (tertiary/aromatic N) is 5. The van der Waals surface area contributed by atoms with E-state index in [-0.39, 0.29) is 67.3 Å². The first kappa shape index (κ1) is 30.3. The minimum absolute atomic E-state index is 0.0883. The van der Waals surface area contributed by atoms with Crippen molar-refractivity contribution < 1.29 is 45.4 Å². The maximum Gasteiger partial charge on any atom is 0.422 e. The normalized spacial score (nSPS) is 14.0. The first-order valence-corrected chi connectivity index (χ1v) is 12.5. The highest BCUT2D eigenvalue weighted by Crippen LogP contribution is 2.31. The van der Waals surface area contributed by atoms with Crippen LogP contribution in [0.2, 0.25) is 0 Å². The smallest absolute Gasteiger partial charge is 0.422 e. The van der Waals surface area contributed by atoms with E-state index in [9.17, 15) is 35.9 Å². The van der Waals surface area contributed by atoms with Crippen molar-refractivity contribution in [2.24, 2.45) is 0 Å². The molecule has 0 spiro atoms. The molecule has 4 rings (SSSR count). The Hall–Kier alpha value is -4.63. The molecule has 0 aliphatic carbocycles. The summed E-state index contributed by atoms with van der Waals surface area (Å²) >= 11 is 0. The molecular weight excluding hydrogens is 574 g/mol. The maximum atomic E-state index is 13.2. The number of anilines is 2. The monoisotopic (exact) mass is 598 g/mol. The van der Waals surface area contributed by atoms with Crippen LogP contribution in [0, 0.1) is 0 Å². The van der Waals surface area contributed by atoms with E-state index >= 15 is 0 Å². The minimum atomic E-state index is -4.72. The van der Waals surface area contributed by atoms with Crippen molar-refractivity contribution in [1.82, 2.24) is 24.8 Å². The van der Waals surface area contributed by atoms with Gasteiger partial charge in [-0.15, -0.1) is 0 Å². The van der Waals surface area contributed by atoms with E-state index in [2.05, 4.69) is 25.0 Å². The zero-order valence-corrected chi connectivity index (χ0v) is 22.0. The van der Waals surface area contributed by atoms with Crippen LogP contribution >= 0.6 is 0 Å². The largest absolute Gasteiger partial charge is 0.454 e. The van der Waals surface area contributed by atoms with Gasteiger partial charge in [0, 0.05) is 43.0 Å². The van der Waals surface area contributed by atoms with Crippen molar-refractivity contribution in [3.8, 4) is 17.4 Å². The van der Waals surface area contributed by atoms with Crippen molar-refractivity contribution in [2.75, 3.05) is 44.7 Å². The summed E-state index contributed by atoms with van der Waals surface area (Å²) in [7, 11) is 0. The molecule has 3 aromatic rings. The summed E-state index contributed by atoms with van der Waals surface area (Å²) in [5.41, 5.74) is -0.640. The Morgan fingerprint density at radius 2 is 1.60 bits per heavy atom. The third kappa shape index (κ3) is 7.98. The molecule has 42 heavy (non-hydrogen) atoms. The first-order chi connectivity index (χ1) is 19.8. The van der Waals surface area contributed by atoms with Gasteiger partial charge in [-0.05, 0) is 37.3 Å². The van der Waals surface area contributed by atoms with Crippen LogP contribution in [0.25, 0.3) is 11.4 Å². The highest BCUT2D eigenvalue weighted by Gasteiger charge is 2.31. The van der Waals surface area contributed by atoms with Gasteiger partial charge in [0.15, 0.2) is 12.4 Å². The fourth-order valence-corrected chi connectivity index (χ4v) is 3.94. The lowest BCUT2D eigenvalue weighted by atomic mass is 10.1. The van der Waals surface area contributed by atoms with Crippen LogP contribution in [0.5, 0.6) is 6.01 Å². The third-order valence-electron chi connectivity index (χ3n) is 5.89. The molecule has 2 heterocycles. The second kappa shape index (κ2) is 12.5. The molecule has 16 heteroatoms. The molecule has 0 radical (unpaired) electrons. The summed E-state index contributed by atoms with van der Waals surface area (Å²) in [5, 5.41) is 2.53. The SMILES string of the molecule is CCOC(=O)N1CCN(C(=O)c2cccc(-c3nc(Nc4cccc(C(F)(F)F)c4)nc(OCC(F)(F)F)n3)c2)CC1. The molecule has 2 aromatic carbocycles. The van der Waals surface area contributed by atoms with Crippen molar-refractivity contribution >= 4 is 23.6 Å². The fourth-order valence-electron chi connectivity index (χ4n) is 3.94. The average molecular weight is 599 g/mol. The number of ether oxygens (including phenoxy) is 2. The average Bonchev–Trinajstić information content (AvgIpc) is 2.95. The summed E-state index contributed by atoms with van der Waals surface area (Å²) in [5.74, 6) is -0.952. The summed E-state index contributed by atoms with van der Waals surface area (Å²) < 4.78 is 87.5. The summed E-state index contributed by atoms with van der Waals surface area (Å²) in [6, 6.07) is 9.25. The van der Waals surface area contributed by atoms with Gasteiger partial charge in [-0.25, -0.2) is 4.79 Å². The van der Waals surface area contributed by atoms with Gasteiger partial charge in [0.25, 0.3) is 5.91 Å². The van der Waals surface area contributed by atoms with E-state index in [4.69, 9.17) is 4.74 Å². The number of benzene rings is 2. The van der Waals surface area contributed by atoms with Crippen molar-refractivity contribution in [3.05, 3.63) is 59.7 Å². The summed E-state index contributed by atoms with van der Waals surface area (Å²) in [6.07, 6.45) is -9.83. The number of rotatable bonds is 7. The van der Waals surface area contributed by atoms with E-state index < -0.39 is 36.6 Å². The van der Waals surface area contributed by atoms with E-state index in [1.54, 1.807) is 6.92 Å². The molecule has 0 saturated carbocycles. The highest BCUT2D eigenvalue weighted by molar-refractivity contribution is 5.95. The van der Waals surface area contributed by atoms with Crippen molar-refractivity contribution in [1.29, 1.82) is 0 Å². The zero-order chi connectivity index (χ0) is 30.5. The number of nitrogens with one attached hydrogen (secondary N) is 1. The number of piperazine rings is 1. The molecule has 1 aliphatic heterocycles. The zero-order valence-electron chi connectivity index (χ0n) is 22.0. The Morgan fingerprint density at radius 1 is 0.905 bits per heavy atom. The molecule has 1 saturated heterocycles. The second-order valence-corrected chi connectivity index (χ2v) is 8.93. The fraction of sp³-hybridized carbons (Fsp3) is 0.346. The van der Waals surface area contributed by atoms with Crippen LogP contribution < -0.4 is 10.1 Å². The lowest BCUT2D eigenvalue weighted by Crippen LogP contribution is -2.50. The van der Waals surface area contributed by atoms with Crippen LogP contribution in [0.1, 0.15) is 22.8 Å². The van der Waals surface area contributed by atoms with Crippen molar-refractivity contribution in [2.45, 2.75) is 19.3 Å². The standard InChI is InChI=1S/C26H24F6N6O4/c1-2-41-24(40)38-11-9-37(10-12-38)21(39)17-6-3-5-16(13-17)20-34-22(36-23(35-20)42-15-25(27,28)29)33-19-8-4-7-18(14-19)26(30,31)32/h3-8,13-14H,2,9-12,15H2,1H3,(H,33,34,35,36). The molecular formula is C26H24F6N6O4. The van der Waals surface area contributed by atoms with Crippen LogP contribution in [0.15, 0.2) is 48.5 Å². The van der Waals surface area contributed by atoms with Crippen LogP contribution in [0.3, 0.4) is 0 Å². The number of carbonyl (C=O) groups excluding carboxylic acids is 2. The number of hydrogen-bond acceptors (Lipinski definition) is 8. The number of amides is 2. The molecule has 0 atom stereocenters. The molecule has 2 amide bonds. The summed E-state index contributed by atoms with van der Waals surface area (Å²) in [6.45, 7) is 1.21. The maximum absolute atomic E-state index is 13.2. The van der Waals surface area contributed by atoms with E-state index in [0.717, 1.165) is 18.2 Å². The number of carbonyl (C=O) groups is 2. The molecule has 1 fully saturated rings. The Labute approximate surface area is 235 Å². The van der Waals surface area contributed by atoms with Gasteiger partial charge < -0.3 is 24.6 Å². The molecule has 0 bridgehead atoms. The lowest BCUT2D eigenvalue weighted by molar-refractivity contribution is -0.154. The quantitative estimate of drug-likeness (QED) is 0.372. The molecule has 1 N–H and O–H groups in total. The third-order valence-corrected chi connectivity index (χ3v) is 5.89. The van der Waals surface area contributed by atoms with E-state index in [0.29, 0.717) is 0 Å². The topological polar surface area (TPSA) is 110 Å². The molecule has 0 unspecified atom stereocenters. The number of alkyl halides is 6. The number of aromatic nitrogens is 3. The predicted octanol–water partition coefficient (Wildman–Crippen LogP) is 5.16. The van der Waals surface area contributed by atoms with Gasteiger partial charge in [-0.3, -0.25) is 4.79 Å². The van der Waals surface area contributed by atoms with Gasteiger partial charge in [0.2, 0.25) is 5.95 Å². The van der Waals surface area contributed by atoms with Crippen LogP contribution in [-0.4, -0.2) is 82.3 Å². The number of hydrogen-bond donors (Lipinski definition) is 1. The van der Waals surface area contributed by atoms with Gasteiger partial charge in [-0.2, -0.15) is 41.3 Å². The van der Waals surface area contributed by atoms with Crippen LogP contribution in [0.4, 0.5) is 42.8 Å². The Balaban J connectivity index is 1.59. The van der Waals surface area contributed by atoms with Gasteiger partial charge in [-0.1, -0.05) is 18.2 Å². The second-order valence-electron chi connectivity index (χ2n) is 8.93. The van der Waals surface area contributed by atoms with E-state index in [1.165, 1.54) is 40.1 Å². The van der Waals surface area contributed by atoms with Crippen LogP contribution in [-0.2, 0) is 10.9 Å². The molecule has 10 nitrogen and oxygen atoms in total. The number of halogens is 6. The highest BCUT2D eigenvalue weighted by atomic mass is 19.4. The Kier molecular flexibility index (Phi) is 9.02. The predicted molar refractivity (Wildman–Crippen MR) is 136 cm³/mol. The molecule has 1 aromatic heterocycles. The van der Waals surface area contributed by atoms with E-state index in [1.807, 2.05) is 0 Å². The lowest BCUT2D eigenvalue weighted by Gasteiger charge is -2.34. The molecule has 224 valence electrons. The van der Waals surface area contributed by atoms with Crippen molar-refractivity contribution in [3.63, 3.8) is 0 Å².